The van der Waals surface area contributed by atoms with Crippen LogP contribution in [0.1, 0.15) is 43.4 Å². The van der Waals surface area contributed by atoms with Gasteiger partial charge in [-0.3, -0.25) is 4.98 Å². The quantitative estimate of drug-likeness (QED) is 0.823. The van der Waals surface area contributed by atoms with E-state index in [-0.39, 0.29) is 0 Å². The van der Waals surface area contributed by atoms with Crippen LogP contribution in [-0.2, 0) is 11.7 Å². The number of nitrogens with zero attached hydrogens (tertiary/aromatic N) is 1. The number of alkyl halides is 3. The Hall–Kier alpha value is -1.10. The van der Waals surface area contributed by atoms with Crippen molar-refractivity contribution in [3.05, 3.63) is 29.6 Å². The summed E-state index contributed by atoms with van der Waals surface area (Å²) in [5, 5.41) is 0. The lowest BCUT2D eigenvalue weighted by atomic mass is 9.80. The summed E-state index contributed by atoms with van der Waals surface area (Å²) in [4.78, 5) is 3.90. The van der Waals surface area contributed by atoms with Gasteiger partial charge in [-0.05, 0) is 25.0 Å². The number of aromatic nitrogens is 1. The van der Waals surface area contributed by atoms with Gasteiger partial charge in [-0.2, -0.15) is 13.2 Å². The number of pyridine rings is 1. The molecule has 1 aliphatic rings. The molecular formula is C12H15F3N2. The van der Waals surface area contributed by atoms with Crippen LogP contribution in [0.25, 0.3) is 0 Å². The third kappa shape index (κ3) is 2.60. The molecule has 1 saturated carbocycles. The normalized spacial score (nSPS) is 20.2. The molecule has 1 heterocycles. The number of rotatable bonds is 1. The van der Waals surface area contributed by atoms with Crippen molar-refractivity contribution >= 4 is 0 Å². The van der Waals surface area contributed by atoms with Crippen LogP contribution in [0.3, 0.4) is 0 Å². The zero-order chi connectivity index (χ0) is 12.5. The Labute approximate surface area is 98.0 Å². The third-order valence-electron chi connectivity index (χ3n) is 3.35. The van der Waals surface area contributed by atoms with Gasteiger partial charge >= 0.3 is 6.18 Å². The van der Waals surface area contributed by atoms with E-state index in [0.29, 0.717) is 5.69 Å². The van der Waals surface area contributed by atoms with Crippen LogP contribution in [0.4, 0.5) is 13.2 Å². The Bertz CT molecular complexity index is 378. The molecular weight excluding hydrogens is 229 g/mol. The number of hydrogen-bond donors (Lipinski definition) is 1. The van der Waals surface area contributed by atoms with E-state index in [1.54, 1.807) is 0 Å². The molecule has 0 bridgehead atoms. The SMILES string of the molecule is NC1(c2ccc(C(F)(F)F)cn2)CCCCC1. The molecule has 0 atom stereocenters. The van der Waals surface area contributed by atoms with Crippen LogP contribution < -0.4 is 5.73 Å². The van der Waals surface area contributed by atoms with E-state index in [9.17, 15) is 13.2 Å². The Morgan fingerprint density at radius 2 is 1.76 bits per heavy atom. The van der Waals surface area contributed by atoms with Gasteiger partial charge in [0, 0.05) is 6.20 Å². The molecule has 1 aromatic heterocycles. The molecule has 0 spiro atoms. The summed E-state index contributed by atoms with van der Waals surface area (Å²) in [6, 6.07) is 2.47. The highest BCUT2D eigenvalue weighted by Gasteiger charge is 2.34. The summed E-state index contributed by atoms with van der Waals surface area (Å²) in [6.45, 7) is 0. The molecule has 1 aliphatic carbocycles. The second kappa shape index (κ2) is 4.29. The molecule has 0 aliphatic heterocycles. The zero-order valence-corrected chi connectivity index (χ0v) is 9.43. The second-order valence-electron chi connectivity index (χ2n) is 4.65. The van der Waals surface area contributed by atoms with E-state index in [0.717, 1.165) is 44.4 Å². The van der Waals surface area contributed by atoms with Crippen molar-refractivity contribution in [1.82, 2.24) is 4.98 Å². The van der Waals surface area contributed by atoms with Crippen molar-refractivity contribution in [2.24, 2.45) is 5.73 Å². The lowest BCUT2D eigenvalue weighted by Crippen LogP contribution is -2.39. The van der Waals surface area contributed by atoms with Gasteiger partial charge in [0.1, 0.15) is 0 Å². The topological polar surface area (TPSA) is 38.9 Å². The molecule has 2 nitrogen and oxygen atoms in total. The number of nitrogens with two attached hydrogens (primary N) is 1. The van der Waals surface area contributed by atoms with E-state index < -0.39 is 17.3 Å². The van der Waals surface area contributed by atoms with Gasteiger partial charge in [0.05, 0.1) is 16.8 Å². The van der Waals surface area contributed by atoms with Crippen LogP contribution >= 0.6 is 0 Å². The lowest BCUT2D eigenvalue weighted by Gasteiger charge is -2.32. The fraction of sp³-hybridized carbons (Fsp3) is 0.583. The molecule has 0 saturated heterocycles. The minimum absolute atomic E-state index is 0.539. The average Bonchev–Trinajstić information content (AvgIpc) is 2.29. The zero-order valence-electron chi connectivity index (χ0n) is 9.43. The molecule has 2 rings (SSSR count). The molecule has 1 aromatic rings. The first-order valence-corrected chi connectivity index (χ1v) is 5.74. The Kier molecular flexibility index (Phi) is 3.12. The van der Waals surface area contributed by atoms with Crippen LogP contribution in [0.2, 0.25) is 0 Å². The molecule has 0 unspecified atom stereocenters. The fourth-order valence-electron chi connectivity index (χ4n) is 2.29. The summed E-state index contributed by atoms with van der Waals surface area (Å²) in [7, 11) is 0. The Morgan fingerprint density at radius 1 is 1.12 bits per heavy atom. The third-order valence-corrected chi connectivity index (χ3v) is 3.35. The van der Waals surface area contributed by atoms with Crippen molar-refractivity contribution in [3.8, 4) is 0 Å². The van der Waals surface area contributed by atoms with Gasteiger partial charge in [-0.25, -0.2) is 0 Å². The predicted octanol–water partition coefficient (Wildman–Crippen LogP) is 3.22. The highest BCUT2D eigenvalue weighted by molar-refractivity contribution is 5.22. The predicted molar refractivity (Wildman–Crippen MR) is 58.2 cm³/mol. The Balaban J connectivity index is 2.23. The van der Waals surface area contributed by atoms with E-state index in [1.165, 1.54) is 6.07 Å². The van der Waals surface area contributed by atoms with Gasteiger partial charge in [0.15, 0.2) is 0 Å². The minimum atomic E-state index is -4.33. The summed E-state index contributed by atoms with van der Waals surface area (Å²) in [5.74, 6) is 0. The van der Waals surface area contributed by atoms with Gasteiger partial charge < -0.3 is 5.73 Å². The monoisotopic (exact) mass is 244 g/mol. The maximum Gasteiger partial charge on any atom is 0.417 e. The van der Waals surface area contributed by atoms with Crippen molar-refractivity contribution < 1.29 is 13.2 Å². The van der Waals surface area contributed by atoms with Gasteiger partial charge in [0.2, 0.25) is 0 Å². The van der Waals surface area contributed by atoms with Gasteiger partial charge in [0.25, 0.3) is 0 Å². The Morgan fingerprint density at radius 3 is 2.24 bits per heavy atom. The van der Waals surface area contributed by atoms with Crippen molar-refractivity contribution in [2.75, 3.05) is 0 Å². The minimum Gasteiger partial charge on any atom is -0.320 e. The molecule has 0 radical (unpaired) electrons. The lowest BCUT2D eigenvalue weighted by molar-refractivity contribution is -0.137. The average molecular weight is 244 g/mol. The van der Waals surface area contributed by atoms with Gasteiger partial charge in [-0.1, -0.05) is 19.3 Å². The van der Waals surface area contributed by atoms with Crippen LogP contribution in [0.5, 0.6) is 0 Å². The second-order valence-corrected chi connectivity index (χ2v) is 4.65. The summed E-state index contributed by atoms with van der Waals surface area (Å²) < 4.78 is 37.2. The first-order chi connectivity index (χ1) is 7.92. The maximum absolute atomic E-state index is 12.4. The smallest absolute Gasteiger partial charge is 0.320 e. The highest BCUT2D eigenvalue weighted by Crippen LogP contribution is 2.35. The van der Waals surface area contributed by atoms with Crippen molar-refractivity contribution in [3.63, 3.8) is 0 Å². The van der Waals surface area contributed by atoms with Crippen LogP contribution in [-0.4, -0.2) is 4.98 Å². The van der Waals surface area contributed by atoms with E-state index in [2.05, 4.69) is 4.98 Å². The summed E-state index contributed by atoms with van der Waals surface area (Å²) >= 11 is 0. The first-order valence-electron chi connectivity index (χ1n) is 5.74. The fourth-order valence-corrected chi connectivity index (χ4v) is 2.29. The van der Waals surface area contributed by atoms with Crippen molar-refractivity contribution in [2.45, 2.75) is 43.8 Å². The van der Waals surface area contributed by atoms with E-state index in [1.807, 2.05) is 0 Å². The van der Waals surface area contributed by atoms with Gasteiger partial charge in [-0.15, -0.1) is 0 Å². The maximum atomic E-state index is 12.4. The highest BCUT2D eigenvalue weighted by atomic mass is 19.4. The summed E-state index contributed by atoms with van der Waals surface area (Å²) in [6.07, 6.45) is 1.30. The van der Waals surface area contributed by atoms with Crippen LogP contribution in [0.15, 0.2) is 18.3 Å². The molecule has 1 fully saturated rings. The van der Waals surface area contributed by atoms with E-state index >= 15 is 0 Å². The summed E-state index contributed by atoms with van der Waals surface area (Å²) in [5.41, 5.74) is 5.51. The number of hydrogen-bond acceptors (Lipinski definition) is 2. The number of halogens is 3. The standard InChI is InChI=1S/C12H15F3N2/c13-12(14,15)9-4-5-10(17-8-9)11(16)6-2-1-3-7-11/h4-5,8H,1-3,6-7,16H2. The molecule has 94 valence electrons. The van der Waals surface area contributed by atoms with E-state index in [4.69, 9.17) is 5.73 Å². The molecule has 0 amide bonds. The van der Waals surface area contributed by atoms with Crippen molar-refractivity contribution in [1.29, 1.82) is 0 Å². The first kappa shape index (κ1) is 12.4. The van der Waals surface area contributed by atoms with Crippen LogP contribution in [0, 0.1) is 0 Å². The molecule has 17 heavy (non-hydrogen) atoms. The molecule has 5 heteroatoms. The molecule has 0 aromatic carbocycles. The largest absolute Gasteiger partial charge is 0.417 e. The molecule has 2 N–H and O–H groups in total.